The number of hydrogen-bond donors (Lipinski definition) is 0. The predicted molar refractivity (Wildman–Crippen MR) is 91.9 cm³/mol. The van der Waals surface area contributed by atoms with Crippen LogP contribution in [0.4, 0.5) is 26.3 Å². The first-order valence-corrected chi connectivity index (χ1v) is 8.08. The molecule has 0 spiro atoms. The van der Waals surface area contributed by atoms with Crippen LogP contribution in [0.25, 0.3) is 0 Å². The summed E-state index contributed by atoms with van der Waals surface area (Å²) < 4.78 is 74.4. The first-order valence-electron chi connectivity index (χ1n) is 7.32. The van der Waals surface area contributed by atoms with Gasteiger partial charge < -0.3 is 0 Å². The highest BCUT2D eigenvalue weighted by molar-refractivity contribution is 6.31. The number of rotatable bonds is 0. The first kappa shape index (κ1) is 22.6. The van der Waals surface area contributed by atoms with Gasteiger partial charge in [-0.05, 0) is 74.2 Å². The molecule has 2 rings (SSSR count). The maximum absolute atomic E-state index is 12.4. The number of benzene rings is 2. The van der Waals surface area contributed by atoms with E-state index in [2.05, 4.69) is 20.8 Å². The third-order valence-corrected chi connectivity index (χ3v) is 4.22. The molecule has 0 aliphatic rings. The molecule has 8 heteroatoms. The molecule has 0 atom stereocenters. The van der Waals surface area contributed by atoms with Crippen LogP contribution in [0.1, 0.15) is 33.4 Å². The Bertz CT molecular complexity index is 768. The quantitative estimate of drug-likeness (QED) is 0.382. The van der Waals surface area contributed by atoms with Crippen molar-refractivity contribution >= 4 is 23.2 Å². The van der Waals surface area contributed by atoms with E-state index in [1.807, 2.05) is 12.1 Å². The van der Waals surface area contributed by atoms with Crippen LogP contribution in [0.15, 0.2) is 24.3 Å². The van der Waals surface area contributed by atoms with E-state index in [1.165, 1.54) is 16.7 Å². The van der Waals surface area contributed by atoms with Crippen molar-refractivity contribution in [2.75, 3.05) is 0 Å². The number of halogens is 8. The van der Waals surface area contributed by atoms with Crippen LogP contribution < -0.4 is 0 Å². The van der Waals surface area contributed by atoms with E-state index in [9.17, 15) is 26.3 Å². The Morgan fingerprint density at radius 3 is 1.38 bits per heavy atom. The third-order valence-electron chi connectivity index (χ3n) is 3.78. The summed E-state index contributed by atoms with van der Waals surface area (Å²) in [6, 6.07) is 5.10. The Kier molecular flexibility index (Phi) is 7.04. The van der Waals surface area contributed by atoms with Crippen LogP contribution in [0, 0.1) is 27.7 Å². The van der Waals surface area contributed by atoms with Crippen molar-refractivity contribution in [3.63, 3.8) is 0 Å². The molecule has 0 saturated heterocycles. The molecule has 0 heterocycles. The molecule has 26 heavy (non-hydrogen) atoms. The lowest BCUT2D eigenvalue weighted by molar-refractivity contribution is -0.162. The standard InChI is InChI=1S/C9H5ClF6.C9H11Cl/c1-4-2-5(10)3-6(8(11,12)13)7(4)9(14,15)16;1-6-4-9(10)5-7(2)8(6)3/h2-3H,1H3;4-5H,1-3H3. The molecule has 0 N–H and O–H groups in total. The Balaban J connectivity index is 0.000000289. The fraction of sp³-hybridized carbons (Fsp3) is 0.333. The van der Waals surface area contributed by atoms with Crippen LogP contribution in [0.5, 0.6) is 0 Å². The van der Waals surface area contributed by atoms with Gasteiger partial charge in [0.25, 0.3) is 0 Å². The maximum Gasteiger partial charge on any atom is 0.417 e. The van der Waals surface area contributed by atoms with Gasteiger partial charge in [0.05, 0.1) is 11.1 Å². The number of aryl methyl sites for hydroxylation is 3. The zero-order valence-corrected chi connectivity index (χ0v) is 15.8. The van der Waals surface area contributed by atoms with Crippen LogP contribution in [0.3, 0.4) is 0 Å². The van der Waals surface area contributed by atoms with E-state index >= 15 is 0 Å². The molecule has 0 amide bonds. The second-order valence-corrected chi connectivity index (χ2v) is 6.68. The molecular weight excluding hydrogens is 401 g/mol. The predicted octanol–water partition coefficient (Wildman–Crippen LogP) is 7.95. The molecule has 0 bridgehead atoms. The number of alkyl halides is 6. The second kappa shape index (κ2) is 8.09. The Hall–Kier alpha value is -1.40. The van der Waals surface area contributed by atoms with Gasteiger partial charge in [-0.2, -0.15) is 26.3 Å². The van der Waals surface area contributed by atoms with Crippen LogP contribution in [-0.2, 0) is 12.4 Å². The topological polar surface area (TPSA) is 0 Å². The maximum atomic E-state index is 12.4. The van der Waals surface area contributed by atoms with Gasteiger partial charge in [0.15, 0.2) is 0 Å². The fourth-order valence-corrected chi connectivity index (χ4v) is 2.93. The molecule has 144 valence electrons. The van der Waals surface area contributed by atoms with Crippen molar-refractivity contribution in [3.05, 3.63) is 67.7 Å². The van der Waals surface area contributed by atoms with Crippen LogP contribution >= 0.6 is 23.2 Å². The molecule has 0 aliphatic heterocycles. The van der Waals surface area contributed by atoms with Gasteiger partial charge in [-0.25, -0.2) is 0 Å². The van der Waals surface area contributed by atoms with Gasteiger partial charge in [0.1, 0.15) is 0 Å². The first-order chi connectivity index (χ1) is 11.6. The second-order valence-electron chi connectivity index (χ2n) is 5.81. The molecule has 0 fully saturated rings. The van der Waals surface area contributed by atoms with Gasteiger partial charge in [-0.15, -0.1) is 0 Å². The van der Waals surface area contributed by atoms with Crippen LogP contribution in [-0.4, -0.2) is 0 Å². The van der Waals surface area contributed by atoms with Gasteiger partial charge in [0, 0.05) is 10.0 Å². The van der Waals surface area contributed by atoms with Crippen molar-refractivity contribution in [1.82, 2.24) is 0 Å². The molecule has 0 radical (unpaired) electrons. The third kappa shape index (κ3) is 5.81. The normalized spacial score (nSPS) is 11.8. The Morgan fingerprint density at radius 1 is 0.615 bits per heavy atom. The summed E-state index contributed by atoms with van der Waals surface area (Å²) >= 11 is 11.1. The fourth-order valence-electron chi connectivity index (χ4n) is 2.33. The molecule has 0 nitrogen and oxygen atoms in total. The number of hydrogen-bond acceptors (Lipinski definition) is 0. The van der Waals surface area contributed by atoms with E-state index in [0.29, 0.717) is 0 Å². The summed E-state index contributed by atoms with van der Waals surface area (Å²) in [6.07, 6.45) is -10.1. The van der Waals surface area contributed by atoms with E-state index < -0.39 is 29.0 Å². The summed E-state index contributed by atoms with van der Waals surface area (Å²) in [5, 5.41) is 0.457. The summed E-state index contributed by atoms with van der Waals surface area (Å²) in [5.74, 6) is 0. The minimum atomic E-state index is -5.08. The van der Waals surface area contributed by atoms with E-state index in [0.717, 1.165) is 18.0 Å². The highest BCUT2D eigenvalue weighted by Gasteiger charge is 2.44. The highest BCUT2D eigenvalue weighted by atomic mass is 35.5. The van der Waals surface area contributed by atoms with E-state index in [-0.39, 0.29) is 11.1 Å². The van der Waals surface area contributed by atoms with Crippen molar-refractivity contribution < 1.29 is 26.3 Å². The lowest BCUT2D eigenvalue weighted by atomic mass is 10.0. The van der Waals surface area contributed by atoms with Crippen molar-refractivity contribution in [2.24, 2.45) is 0 Å². The Labute approximate surface area is 157 Å². The highest BCUT2D eigenvalue weighted by Crippen LogP contribution is 2.43. The molecule has 0 unspecified atom stereocenters. The largest absolute Gasteiger partial charge is 0.417 e. The molecule has 2 aromatic carbocycles. The van der Waals surface area contributed by atoms with Gasteiger partial charge in [-0.1, -0.05) is 23.2 Å². The van der Waals surface area contributed by atoms with E-state index in [1.54, 1.807) is 0 Å². The van der Waals surface area contributed by atoms with Gasteiger partial charge in [0.2, 0.25) is 0 Å². The minimum absolute atomic E-state index is 0.275. The average Bonchev–Trinajstić information content (AvgIpc) is 2.42. The summed E-state index contributed by atoms with van der Waals surface area (Å²) in [4.78, 5) is 0. The smallest absolute Gasteiger partial charge is 0.166 e. The molecule has 0 aromatic heterocycles. The molecule has 0 saturated carbocycles. The van der Waals surface area contributed by atoms with E-state index in [4.69, 9.17) is 23.2 Å². The zero-order chi connectivity index (χ0) is 20.4. The SMILES string of the molecule is Cc1cc(Cl)cc(C(F)(F)F)c1C(F)(F)F.Cc1cc(Cl)cc(C)c1C. The van der Waals surface area contributed by atoms with Crippen LogP contribution in [0.2, 0.25) is 10.0 Å². The lowest BCUT2D eigenvalue weighted by Gasteiger charge is -2.17. The average molecular weight is 417 g/mol. The molecule has 0 aliphatic carbocycles. The molecular formula is C18H16Cl2F6. The lowest BCUT2D eigenvalue weighted by Crippen LogP contribution is -2.18. The van der Waals surface area contributed by atoms with Gasteiger partial charge in [-0.3, -0.25) is 0 Å². The monoisotopic (exact) mass is 416 g/mol. The van der Waals surface area contributed by atoms with Crippen molar-refractivity contribution in [2.45, 2.75) is 40.0 Å². The summed E-state index contributed by atoms with van der Waals surface area (Å²) in [5.41, 5.74) is -0.124. The van der Waals surface area contributed by atoms with Gasteiger partial charge >= 0.3 is 12.4 Å². The Morgan fingerprint density at radius 2 is 1.00 bits per heavy atom. The zero-order valence-electron chi connectivity index (χ0n) is 14.3. The molecule has 2 aromatic rings. The van der Waals surface area contributed by atoms with Crippen molar-refractivity contribution in [3.8, 4) is 0 Å². The summed E-state index contributed by atoms with van der Waals surface area (Å²) in [6.45, 7) is 7.20. The van der Waals surface area contributed by atoms with Crippen molar-refractivity contribution in [1.29, 1.82) is 0 Å². The summed E-state index contributed by atoms with van der Waals surface area (Å²) in [7, 11) is 0. The minimum Gasteiger partial charge on any atom is -0.166 e.